The Labute approximate surface area is 90.0 Å². The van der Waals surface area contributed by atoms with E-state index >= 15 is 0 Å². The van der Waals surface area contributed by atoms with Gasteiger partial charge in [-0.15, -0.1) is 0 Å². The highest BCUT2D eigenvalue weighted by Gasteiger charge is 2.26. The Morgan fingerprint density at radius 2 is 2.27 bits per heavy atom. The number of rotatable bonds is 5. The molecule has 1 saturated heterocycles. The first kappa shape index (κ1) is 12.1. The summed E-state index contributed by atoms with van der Waals surface area (Å²) >= 11 is 0. The van der Waals surface area contributed by atoms with Crippen molar-refractivity contribution in [3.8, 4) is 0 Å². The molecule has 0 spiro atoms. The zero-order valence-corrected chi connectivity index (χ0v) is 9.31. The third kappa shape index (κ3) is 3.28. The molecule has 0 saturated carbocycles. The number of likely N-dealkylation sites (N-methyl/N-ethyl adjacent to an activating group) is 1. The van der Waals surface area contributed by atoms with Gasteiger partial charge in [0.15, 0.2) is 0 Å². The average molecular weight is 214 g/mol. The molecule has 1 fully saturated rings. The van der Waals surface area contributed by atoms with Crippen molar-refractivity contribution >= 4 is 12.2 Å². The van der Waals surface area contributed by atoms with Crippen molar-refractivity contribution in [3.63, 3.8) is 0 Å². The lowest BCUT2D eigenvalue weighted by atomic mass is 10.2. The Morgan fingerprint density at radius 1 is 1.53 bits per heavy atom. The van der Waals surface area contributed by atoms with Crippen molar-refractivity contribution in [2.24, 2.45) is 0 Å². The van der Waals surface area contributed by atoms with E-state index in [9.17, 15) is 9.59 Å². The maximum absolute atomic E-state index is 11.4. The van der Waals surface area contributed by atoms with Crippen molar-refractivity contribution < 1.29 is 14.3 Å². The normalized spacial score (nSPS) is 20.4. The topological polar surface area (TPSA) is 49.9 Å². The van der Waals surface area contributed by atoms with E-state index in [1.54, 1.807) is 11.9 Å². The number of nitrogens with zero attached hydrogens (tertiary/aromatic N) is 2. The average Bonchev–Trinajstić information content (AvgIpc) is 2.24. The van der Waals surface area contributed by atoms with Gasteiger partial charge in [0.2, 0.25) is 5.91 Å². The number of carbonyl (C=O) groups is 2. The van der Waals surface area contributed by atoms with Gasteiger partial charge in [-0.2, -0.15) is 0 Å². The Balaban J connectivity index is 2.47. The van der Waals surface area contributed by atoms with E-state index in [4.69, 9.17) is 4.74 Å². The minimum absolute atomic E-state index is 0.0598. The largest absolute Gasteiger partial charge is 0.380 e. The molecular weight excluding hydrogens is 196 g/mol. The van der Waals surface area contributed by atoms with Crippen LogP contribution >= 0.6 is 0 Å². The molecule has 0 aromatic heterocycles. The van der Waals surface area contributed by atoms with Crippen LogP contribution in [0.1, 0.15) is 6.92 Å². The Morgan fingerprint density at radius 3 is 2.80 bits per heavy atom. The van der Waals surface area contributed by atoms with Gasteiger partial charge in [-0.25, -0.2) is 0 Å². The second kappa shape index (κ2) is 5.82. The molecule has 1 aliphatic rings. The monoisotopic (exact) mass is 214 g/mol. The third-order valence-corrected chi connectivity index (χ3v) is 2.61. The van der Waals surface area contributed by atoms with E-state index in [0.29, 0.717) is 26.3 Å². The number of amides is 1. The quantitative estimate of drug-likeness (QED) is 0.571. The molecule has 1 atom stereocenters. The van der Waals surface area contributed by atoms with Crippen LogP contribution in [-0.2, 0) is 14.3 Å². The molecule has 5 nitrogen and oxygen atoms in total. The maximum Gasteiger partial charge on any atom is 0.236 e. The molecule has 0 aromatic carbocycles. The molecule has 1 heterocycles. The lowest BCUT2D eigenvalue weighted by molar-refractivity contribution is -0.136. The molecule has 0 aliphatic carbocycles. The summed E-state index contributed by atoms with van der Waals surface area (Å²) in [6.45, 7) is 4.57. The highest BCUT2D eigenvalue weighted by molar-refractivity contribution is 5.79. The van der Waals surface area contributed by atoms with Crippen LogP contribution in [0.4, 0.5) is 0 Å². The molecule has 1 amide bonds. The highest BCUT2D eigenvalue weighted by Crippen LogP contribution is 2.05. The number of carbonyl (C=O) groups excluding carboxylic acids is 2. The molecule has 5 heteroatoms. The first-order chi connectivity index (χ1) is 7.19. The molecule has 86 valence electrons. The number of hydrogen-bond acceptors (Lipinski definition) is 4. The summed E-state index contributed by atoms with van der Waals surface area (Å²) < 4.78 is 5.20. The zero-order chi connectivity index (χ0) is 11.3. The van der Waals surface area contributed by atoms with E-state index in [1.807, 2.05) is 11.8 Å². The van der Waals surface area contributed by atoms with Crippen molar-refractivity contribution in [2.75, 3.05) is 39.9 Å². The van der Waals surface area contributed by atoms with Crippen LogP contribution in [0, 0.1) is 0 Å². The maximum atomic E-state index is 11.4. The molecule has 15 heavy (non-hydrogen) atoms. The van der Waals surface area contributed by atoms with Crippen LogP contribution in [0.2, 0.25) is 0 Å². The van der Waals surface area contributed by atoms with E-state index in [-0.39, 0.29) is 11.9 Å². The molecule has 1 aliphatic heterocycles. The molecule has 0 radical (unpaired) electrons. The van der Waals surface area contributed by atoms with E-state index in [0.717, 1.165) is 12.8 Å². The third-order valence-electron chi connectivity index (χ3n) is 2.61. The SMILES string of the molecule is CCOCC(C=O)N1CCN(C)C(=O)C1. The van der Waals surface area contributed by atoms with Gasteiger partial charge in [-0.1, -0.05) is 0 Å². The molecule has 1 rings (SSSR count). The lowest BCUT2D eigenvalue weighted by Gasteiger charge is -2.34. The summed E-state index contributed by atoms with van der Waals surface area (Å²) in [5.41, 5.74) is 0. The summed E-state index contributed by atoms with van der Waals surface area (Å²) in [6.07, 6.45) is 0.855. The van der Waals surface area contributed by atoms with Crippen LogP contribution < -0.4 is 0 Å². The van der Waals surface area contributed by atoms with Gasteiger partial charge in [0.1, 0.15) is 6.29 Å². The fraction of sp³-hybridized carbons (Fsp3) is 0.800. The lowest BCUT2D eigenvalue weighted by Crippen LogP contribution is -2.53. The van der Waals surface area contributed by atoms with Crippen LogP contribution in [0.3, 0.4) is 0 Å². The fourth-order valence-electron chi connectivity index (χ4n) is 1.53. The van der Waals surface area contributed by atoms with Gasteiger partial charge in [0.25, 0.3) is 0 Å². The summed E-state index contributed by atoms with van der Waals surface area (Å²) in [7, 11) is 1.78. The number of aldehydes is 1. The van der Waals surface area contributed by atoms with Crippen LogP contribution in [-0.4, -0.2) is 67.9 Å². The predicted molar refractivity (Wildman–Crippen MR) is 55.6 cm³/mol. The molecule has 0 N–H and O–H groups in total. The summed E-state index contributed by atoms with van der Waals surface area (Å²) in [5.74, 6) is 0.0598. The number of ether oxygens (including phenoxy) is 1. The van der Waals surface area contributed by atoms with E-state index in [1.165, 1.54) is 0 Å². The number of hydrogen-bond donors (Lipinski definition) is 0. The van der Waals surface area contributed by atoms with Crippen molar-refractivity contribution in [1.29, 1.82) is 0 Å². The minimum Gasteiger partial charge on any atom is -0.380 e. The van der Waals surface area contributed by atoms with E-state index < -0.39 is 0 Å². The van der Waals surface area contributed by atoms with Crippen molar-refractivity contribution in [1.82, 2.24) is 9.80 Å². The van der Waals surface area contributed by atoms with E-state index in [2.05, 4.69) is 0 Å². The summed E-state index contributed by atoms with van der Waals surface area (Å²) in [6, 6.07) is -0.289. The fourth-order valence-corrected chi connectivity index (χ4v) is 1.53. The van der Waals surface area contributed by atoms with Crippen LogP contribution in [0.5, 0.6) is 0 Å². The predicted octanol–water partition coefficient (Wildman–Crippen LogP) is -0.636. The van der Waals surface area contributed by atoms with Gasteiger partial charge in [-0.05, 0) is 6.92 Å². The number of piperazine rings is 1. The van der Waals surface area contributed by atoms with Crippen LogP contribution in [0.15, 0.2) is 0 Å². The van der Waals surface area contributed by atoms with Gasteiger partial charge in [0, 0.05) is 26.7 Å². The van der Waals surface area contributed by atoms with Gasteiger partial charge in [0.05, 0.1) is 19.2 Å². The van der Waals surface area contributed by atoms with Crippen molar-refractivity contribution in [2.45, 2.75) is 13.0 Å². The molecule has 0 aromatic rings. The first-order valence-corrected chi connectivity index (χ1v) is 5.20. The van der Waals surface area contributed by atoms with Gasteiger partial charge in [-0.3, -0.25) is 9.69 Å². The molecule has 1 unspecified atom stereocenters. The molecule has 0 bridgehead atoms. The summed E-state index contributed by atoms with van der Waals surface area (Å²) in [4.78, 5) is 25.8. The van der Waals surface area contributed by atoms with Crippen molar-refractivity contribution in [3.05, 3.63) is 0 Å². The second-order valence-electron chi connectivity index (χ2n) is 3.65. The Bertz CT molecular complexity index is 233. The minimum atomic E-state index is -0.289. The standard InChI is InChI=1S/C10H18N2O3/c1-3-15-8-9(7-13)12-5-4-11(2)10(14)6-12/h7,9H,3-6,8H2,1-2H3. The summed E-state index contributed by atoms with van der Waals surface area (Å²) in [5, 5.41) is 0. The highest BCUT2D eigenvalue weighted by atomic mass is 16.5. The smallest absolute Gasteiger partial charge is 0.236 e. The first-order valence-electron chi connectivity index (χ1n) is 5.20. The van der Waals surface area contributed by atoms with Gasteiger partial charge < -0.3 is 14.4 Å². The molecular formula is C10H18N2O3. The van der Waals surface area contributed by atoms with Gasteiger partial charge >= 0.3 is 0 Å². The zero-order valence-electron chi connectivity index (χ0n) is 9.31. The van der Waals surface area contributed by atoms with Crippen LogP contribution in [0.25, 0.3) is 0 Å². The Kier molecular flexibility index (Phi) is 4.71. The Hall–Kier alpha value is -0.940. The second-order valence-corrected chi connectivity index (χ2v) is 3.65.